The number of hydrogen-bond donors (Lipinski definition) is 2. The van der Waals surface area contributed by atoms with E-state index >= 15 is 0 Å². The summed E-state index contributed by atoms with van der Waals surface area (Å²) in [6, 6.07) is 7.98. The van der Waals surface area contributed by atoms with E-state index in [2.05, 4.69) is 25.9 Å². The molecule has 2 rings (SSSR count). The van der Waals surface area contributed by atoms with Crippen LogP contribution in [0.1, 0.15) is 18.7 Å². The fourth-order valence-corrected chi connectivity index (χ4v) is 1.59. The largest absolute Gasteiger partial charge is 0.341 e. The van der Waals surface area contributed by atoms with Gasteiger partial charge < -0.3 is 10.7 Å². The number of rotatable bonds is 2. The minimum atomic E-state index is -0.0123. The fourth-order valence-electron chi connectivity index (χ4n) is 1.32. The third-order valence-electron chi connectivity index (χ3n) is 2.20. The summed E-state index contributed by atoms with van der Waals surface area (Å²) >= 11 is 3.40. The molecule has 0 amide bonds. The number of benzene rings is 1. The molecule has 1 heterocycles. The number of nitrogens with zero attached hydrogens (tertiary/aromatic N) is 1. The molecule has 4 heteroatoms. The highest BCUT2D eigenvalue weighted by Crippen LogP contribution is 2.20. The number of halogens is 1. The first kappa shape index (κ1) is 10.4. The summed E-state index contributed by atoms with van der Waals surface area (Å²) in [5.41, 5.74) is 7.76. The van der Waals surface area contributed by atoms with Gasteiger partial charge in [0.15, 0.2) is 0 Å². The van der Waals surface area contributed by atoms with Crippen molar-refractivity contribution in [3.63, 3.8) is 0 Å². The van der Waals surface area contributed by atoms with E-state index in [0.717, 1.165) is 21.6 Å². The average Bonchev–Trinajstić information content (AvgIpc) is 2.68. The molecular weight excluding hydrogens is 254 g/mol. The number of H-pyrrole nitrogens is 1. The van der Waals surface area contributed by atoms with Gasteiger partial charge in [-0.2, -0.15) is 0 Å². The van der Waals surface area contributed by atoms with Gasteiger partial charge in [-0.3, -0.25) is 0 Å². The molecule has 2 aromatic rings. The summed E-state index contributed by atoms with van der Waals surface area (Å²) in [7, 11) is 0. The van der Waals surface area contributed by atoms with Crippen molar-refractivity contribution in [3.05, 3.63) is 40.6 Å². The van der Waals surface area contributed by atoms with Crippen LogP contribution in [0.15, 0.2) is 34.9 Å². The summed E-state index contributed by atoms with van der Waals surface area (Å²) in [5.74, 6) is 0.856. The topological polar surface area (TPSA) is 54.7 Å². The van der Waals surface area contributed by atoms with Crippen LogP contribution in [0.2, 0.25) is 0 Å². The summed E-state index contributed by atoms with van der Waals surface area (Å²) in [5, 5.41) is 0. The maximum Gasteiger partial charge on any atom is 0.137 e. The molecular formula is C11H12BrN3. The molecule has 0 bridgehead atoms. The predicted octanol–water partition coefficient (Wildman–Crippen LogP) is 2.86. The van der Waals surface area contributed by atoms with Crippen LogP contribution in [-0.2, 0) is 0 Å². The molecule has 0 spiro atoms. The predicted molar refractivity (Wildman–Crippen MR) is 64.3 cm³/mol. The first-order valence-corrected chi connectivity index (χ1v) is 5.52. The second-order valence-corrected chi connectivity index (χ2v) is 4.40. The van der Waals surface area contributed by atoms with E-state index in [0.29, 0.717) is 0 Å². The zero-order valence-electron chi connectivity index (χ0n) is 8.37. The van der Waals surface area contributed by atoms with Gasteiger partial charge in [0, 0.05) is 16.1 Å². The summed E-state index contributed by atoms with van der Waals surface area (Å²) in [4.78, 5) is 7.48. The van der Waals surface area contributed by atoms with E-state index in [1.165, 1.54) is 0 Å². The molecule has 3 nitrogen and oxygen atoms in total. The van der Waals surface area contributed by atoms with E-state index in [1.807, 2.05) is 31.2 Å². The Morgan fingerprint density at radius 2 is 2.00 bits per heavy atom. The minimum absolute atomic E-state index is 0.0123. The zero-order chi connectivity index (χ0) is 10.8. The third kappa shape index (κ3) is 2.27. The number of imidazole rings is 1. The quantitative estimate of drug-likeness (QED) is 0.878. The molecule has 0 saturated heterocycles. The Morgan fingerprint density at radius 3 is 2.53 bits per heavy atom. The van der Waals surface area contributed by atoms with E-state index < -0.39 is 0 Å². The molecule has 0 aliphatic carbocycles. The second-order valence-electron chi connectivity index (χ2n) is 3.48. The lowest BCUT2D eigenvalue weighted by Crippen LogP contribution is -2.04. The number of nitrogens with two attached hydrogens (primary N) is 1. The number of hydrogen-bond acceptors (Lipinski definition) is 2. The maximum absolute atomic E-state index is 5.75. The zero-order valence-corrected chi connectivity index (χ0v) is 9.95. The van der Waals surface area contributed by atoms with Gasteiger partial charge in [-0.15, -0.1) is 0 Å². The minimum Gasteiger partial charge on any atom is -0.341 e. The van der Waals surface area contributed by atoms with Gasteiger partial charge in [0.2, 0.25) is 0 Å². The number of nitrogens with one attached hydrogen (secondary N) is 1. The van der Waals surface area contributed by atoms with Crippen LogP contribution in [-0.4, -0.2) is 9.97 Å². The van der Waals surface area contributed by atoms with Crippen molar-refractivity contribution in [2.75, 3.05) is 0 Å². The van der Waals surface area contributed by atoms with E-state index in [-0.39, 0.29) is 6.04 Å². The molecule has 1 aromatic carbocycles. The normalized spacial score (nSPS) is 12.7. The fraction of sp³-hybridized carbons (Fsp3) is 0.182. The molecule has 15 heavy (non-hydrogen) atoms. The highest BCUT2D eigenvalue weighted by atomic mass is 79.9. The summed E-state index contributed by atoms with van der Waals surface area (Å²) < 4.78 is 1.06. The SMILES string of the molecule is CC(N)c1cnc(-c2ccc(Br)cc2)[nH]1. The number of aromatic amines is 1. The van der Waals surface area contributed by atoms with Crippen molar-refractivity contribution in [2.24, 2.45) is 5.73 Å². The molecule has 1 aromatic heterocycles. The summed E-state index contributed by atoms with van der Waals surface area (Å²) in [6.45, 7) is 1.93. The van der Waals surface area contributed by atoms with Crippen LogP contribution < -0.4 is 5.73 Å². The van der Waals surface area contributed by atoms with Crippen molar-refractivity contribution in [3.8, 4) is 11.4 Å². The van der Waals surface area contributed by atoms with Crippen LogP contribution >= 0.6 is 15.9 Å². The van der Waals surface area contributed by atoms with Crippen LogP contribution in [0.5, 0.6) is 0 Å². The number of aromatic nitrogens is 2. The van der Waals surface area contributed by atoms with Crippen molar-refractivity contribution in [1.29, 1.82) is 0 Å². The Kier molecular flexibility index (Phi) is 2.88. The highest BCUT2D eigenvalue weighted by Gasteiger charge is 2.05. The molecule has 3 N–H and O–H groups in total. The summed E-state index contributed by atoms with van der Waals surface area (Å²) in [6.07, 6.45) is 1.78. The van der Waals surface area contributed by atoms with Gasteiger partial charge in [0.1, 0.15) is 5.82 Å². The Morgan fingerprint density at radius 1 is 1.33 bits per heavy atom. The first-order valence-electron chi connectivity index (χ1n) is 4.73. The molecule has 0 radical (unpaired) electrons. The smallest absolute Gasteiger partial charge is 0.137 e. The molecule has 0 saturated carbocycles. The van der Waals surface area contributed by atoms with Gasteiger partial charge in [0.05, 0.1) is 11.9 Å². The second kappa shape index (κ2) is 4.16. The van der Waals surface area contributed by atoms with E-state index in [1.54, 1.807) is 6.20 Å². The van der Waals surface area contributed by atoms with Crippen LogP contribution in [0.3, 0.4) is 0 Å². The molecule has 0 aliphatic rings. The van der Waals surface area contributed by atoms with Crippen molar-refractivity contribution in [1.82, 2.24) is 9.97 Å². The van der Waals surface area contributed by atoms with Gasteiger partial charge in [-0.25, -0.2) is 4.98 Å². The van der Waals surface area contributed by atoms with E-state index in [4.69, 9.17) is 5.73 Å². The monoisotopic (exact) mass is 265 g/mol. The van der Waals surface area contributed by atoms with Crippen LogP contribution in [0, 0.1) is 0 Å². The third-order valence-corrected chi connectivity index (χ3v) is 2.73. The highest BCUT2D eigenvalue weighted by molar-refractivity contribution is 9.10. The van der Waals surface area contributed by atoms with E-state index in [9.17, 15) is 0 Å². The van der Waals surface area contributed by atoms with Crippen molar-refractivity contribution >= 4 is 15.9 Å². The Bertz CT molecular complexity index is 445. The molecule has 0 fully saturated rings. The Hall–Kier alpha value is -1.13. The Labute approximate surface area is 96.9 Å². The lowest BCUT2D eigenvalue weighted by molar-refractivity contribution is 0.789. The molecule has 0 aliphatic heterocycles. The lowest BCUT2D eigenvalue weighted by atomic mass is 10.2. The van der Waals surface area contributed by atoms with Gasteiger partial charge >= 0.3 is 0 Å². The Balaban J connectivity index is 2.33. The molecule has 78 valence electrons. The average molecular weight is 266 g/mol. The maximum atomic E-state index is 5.75. The van der Waals surface area contributed by atoms with Crippen LogP contribution in [0.25, 0.3) is 11.4 Å². The molecule has 1 atom stereocenters. The standard InChI is InChI=1S/C11H12BrN3/c1-7(13)10-6-14-11(15-10)8-2-4-9(12)5-3-8/h2-7H,13H2,1H3,(H,14,15). The van der Waals surface area contributed by atoms with Crippen molar-refractivity contribution in [2.45, 2.75) is 13.0 Å². The van der Waals surface area contributed by atoms with Gasteiger partial charge in [-0.1, -0.05) is 28.1 Å². The van der Waals surface area contributed by atoms with Gasteiger partial charge in [0.25, 0.3) is 0 Å². The first-order chi connectivity index (χ1) is 7.16. The lowest BCUT2D eigenvalue weighted by Gasteiger charge is -2.00. The molecule has 1 unspecified atom stereocenters. The van der Waals surface area contributed by atoms with Gasteiger partial charge in [-0.05, 0) is 19.1 Å². The van der Waals surface area contributed by atoms with Crippen LogP contribution in [0.4, 0.5) is 0 Å². The van der Waals surface area contributed by atoms with Crippen molar-refractivity contribution < 1.29 is 0 Å².